The number of carbonyl (C=O) groups excluding carboxylic acids is 1. The summed E-state index contributed by atoms with van der Waals surface area (Å²) in [5.74, 6) is 1.30. The van der Waals surface area contributed by atoms with Gasteiger partial charge >= 0.3 is 0 Å². The Morgan fingerprint density at radius 3 is 2.92 bits per heavy atom. The van der Waals surface area contributed by atoms with Crippen LogP contribution in [0.1, 0.15) is 22.0 Å². The van der Waals surface area contributed by atoms with Crippen molar-refractivity contribution in [3.8, 4) is 11.5 Å². The minimum atomic E-state index is -0.196. The average molecular weight is 374 g/mol. The van der Waals surface area contributed by atoms with Crippen LogP contribution in [0.25, 0.3) is 11.5 Å². The fourth-order valence-electron chi connectivity index (χ4n) is 2.84. The summed E-state index contributed by atoms with van der Waals surface area (Å²) in [4.78, 5) is 21.2. The van der Waals surface area contributed by atoms with E-state index in [0.717, 1.165) is 37.4 Å². The van der Waals surface area contributed by atoms with Gasteiger partial charge in [-0.05, 0) is 12.1 Å². The monoisotopic (exact) mass is 373 g/mol. The SMILES string of the molecule is Cl.O=C(NCc1coc(-c2ccccc2)n1)c1cn2c(n1)CCNCC2. The maximum atomic E-state index is 12.3. The Labute approximate surface area is 157 Å². The molecule has 0 saturated heterocycles. The minimum absolute atomic E-state index is 0. The predicted molar refractivity (Wildman–Crippen MR) is 99.2 cm³/mol. The van der Waals surface area contributed by atoms with E-state index in [4.69, 9.17) is 4.42 Å². The Bertz CT molecular complexity index is 851. The zero-order valence-corrected chi connectivity index (χ0v) is 15.0. The molecule has 0 spiro atoms. The number of aromatic nitrogens is 3. The van der Waals surface area contributed by atoms with Gasteiger partial charge in [-0.2, -0.15) is 0 Å². The van der Waals surface area contributed by atoms with Gasteiger partial charge in [-0.25, -0.2) is 9.97 Å². The van der Waals surface area contributed by atoms with Gasteiger partial charge in [0.15, 0.2) is 0 Å². The lowest BCUT2D eigenvalue weighted by Crippen LogP contribution is -2.23. The minimum Gasteiger partial charge on any atom is -0.444 e. The molecule has 4 rings (SSSR count). The number of fused-ring (bicyclic) bond motifs is 1. The first-order chi connectivity index (χ1) is 12.3. The number of amides is 1. The number of nitrogens with zero attached hydrogens (tertiary/aromatic N) is 3. The molecule has 26 heavy (non-hydrogen) atoms. The summed E-state index contributed by atoms with van der Waals surface area (Å²) in [6.07, 6.45) is 4.21. The normalized spacial score (nSPS) is 13.4. The maximum absolute atomic E-state index is 12.3. The molecule has 0 unspecified atom stereocenters. The molecule has 1 aliphatic rings. The lowest BCUT2D eigenvalue weighted by Gasteiger charge is -2.00. The van der Waals surface area contributed by atoms with Gasteiger partial charge in [0.25, 0.3) is 5.91 Å². The first-order valence-electron chi connectivity index (χ1n) is 8.34. The molecule has 1 aromatic carbocycles. The van der Waals surface area contributed by atoms with E-state index in [1.54, 1.807) is 6.26 Å². The van der Waals surface area contributed by atoms with Gasteiger partial charge in [-0.15, -0.1) is 12.4 Å². The van der Waals surface area contributed by atoms with Gasteiger partial charge < -0.3 is 19.6 Å². The van der Waals surface area contributed by atoms with E-state index < -0.39 is 0 Å². The van der Waals surface area contributed by atoms with Gasteiger partial charge in [-0.1, -0.05) is 18.2 Å². The van der Waals surface area contributed by atoms with Crippen molar-refractivity contribution in [2.75, 3.05) is 13.1 Å². The summed E-state index contributed by atoms with van der Waals surface area (Å²) in [7, 11) is 0. The molecule has 3 aromatic rings. The topological polar surface area (TPSA) is 85.0 Å². The van der Waals surface area contributed by atoms with Gasteiger partial charge in [0.1, 0.15) is 17.8 Å². The molecular formula is C18H20ClN5O2. The lowest BCUT2D eigenvalue weighted by molar-refractivity contribution is 0.0945. The molecule has 7 nitrogen and oxygen atoms in total. The number of benzene rings is 1. The summed E-state index contributed by atoms with van der Waals surface area (Å²) in [5, 5.41) is 6.16. The molecule has 0 saturated carbocycles. The van der Waals surface area contributed by atoms with Crippen molar-refractivity contribution >= 4 is 18.3 Å². The number of halogens is 1. The molecule has 136 valence electrons. The molecule has 2 aromatic heterocycles. The third-order valence-corrected chi connectivity index (χ3v) is 4.15. The second-order valence-corrected chi connectivity index (χ2v) is 5.93. The van der Waals surface area contributed by atoms with Crippen LogP contribution in [0.15, 0.2) is 47.2 Å². The lowest BCUT2D eigenvalue weighted by atomic mass is 10.2. The summed E-state index contributed by atoms with van der Waals surface area (Å²) in [6, 6.07) is 9.66. The van der Waals surface area contributed by atoms with Crippen molar-refractivity contribution in [3.05, 3.63) is 60.0 Å². The first kappa shape index (κ1) is 18.2. The summed E-state index contributed by atoms with van der Waals surface area (Å²) >= 11 is 0. The van der Waals surface area contributed by atoms with Crippen LogP contribution in [0.3, 0.4) is 0 Å². The van der Waals surface area contributed by atoms with Crippen LogP contribution < -0.4 is 10.6 Å². The second-order valence-electron chi connectivity index (χ2n) is 5.93. The van der Waals surface area contributed by atoms with Crippen LogP contribution in [0.5, 0.6) is 0 Å². The van der Waals surface area contributed by atoms with Crippen LogP contribution in [-0.2, 0) is 19.5 Å². The number of carbonyl (C=O) groups is 1. The smallest absolute Gasteiger partial charge is 0.271 e. The van der Waals surface area contributed by atoms with E-state index >= 15 is 0 Å². The fraction of sp³-hybridized carbons (Fsp3) is 0.278. The Morgan fingerprint density at radius 1 is 1.23 bits per heavy atom. The van der Waals surface area contributed by atoms with E-state index in [9.17, 15) is 4.79 Å². The predicted octanol–water partition coefficient (Wildman–Crippen LogP) is 2.04. The Hall–Kier alpha value is -2.64. The van der Waals surface area contributed by atoms with E-state index in [1.807, 2.05) is 41.1 Å². The number of oxazole rings is 1. The van der Waals surface area contributed by atoms with Crippen molar-refractivity contribution < 1.29 is 9.21 Å². The molecule has 1 amide bonds. The van der Waals surface area contributed by atoms with E-state index in [-0.39, 0.29) is 18.3 Å². The quantitative estimate of drug-likeness (QED) is 0.731. The highest BCUT2D eigenvalue weighted by Gasteiger charge is 2.16. The molecule has 2 N–H and O–H groups in total. The average Bonchev–Trinajstić information content (AvgIpc) is 3.23. The van der Waals surface area contributed by atoms with Gasteiger partial charge in [-0.3, -0.25) is 4.79 Å². The highest BCUT2D eigenvalue weighted by atomic mass is 35.5. The van der Waals surface area contributed by atoms with E-state index in [0.29, 0.717) is 23.8 Å². The van der Waals surface area contributed by atoms with Gasteiger partial charge in [0, 0.05) is 37.8 Å². The molecule has 8 heteroatoms. The number of rotatable bonds is 4. The van der Waals surface area contributed by atoms with E-state index in [2.05, 4.69) is 20.6 Å². The van der Waals surface area contributed by atoms with Gasteiger partial charge in [0.2, 0.25) is 5.89 Å². The maximum Gasteiger partial charge on any atom is 0.271 e. The Kier molecular flexibility index (Phi) is 5.70. The fourth-order valence-corrected chi connectivity index (χ4v) is 2.84. The summed E-state index contributed by atoms with van der Waals surface area (Å²) in [6.45, 7) is 2.92. The Morgan fingerprint density at radius 2 is 2.08 bits per heavy atom. The largest absolute Gasteiger partial charge is 0.444 e. The highest BCUT2D eigenvalue weighted by molar-refractivity contribution is 5.92. The number of hydrogen-bond donors (Lipinski definition) is 2. The first-order valence-corrected chi connectivity index (χ1v) is 8.34. The van der Waals surface area contributed by atoms with Crippen molar-refractivity contribution in [2.45, 2.75) is 19.5 Å². The number of hydrogen-bond acceptors (Lipinski definition) is 5. The zero-order chi connectivity index (χ0) is 17.1. The summed E-state index contributed by atoms with van der Waals surface area (Å²) in [5.41, 5.74) is 2.03. The van der Waals surface area contributed by atoms with Crippen molar-refractivity contribution in [1.29, 1.82) is 0 Å². The molecule has 0 radical (unpaired) electrons. The molecule has 3 heterocycles. The van der Waals surface area contributed by atoms with Crippen molar-refractivity contribution in [3.63, 3.8) is 0 Å². The molecule has 0 fully saturated rings. The summed E-state index contributed by atoms with van der Waals surface area (Å²) < 4.78 is 7.52. The molecule has 1 aliphatic heterocycles. The van der Waals surface area contributed by atoms with Crippen LogP contribution in [-0.4, -0.2) is 33.5 Å². The van der Waals surface area contributed by atoms with Crippen molar-refractivity contribution in [2.24, 2.45) is 0 Å². The van der Waals surface area contributed by atoms with Crippen LogP contribution in [0.4, 0.5) is 0 Å². The molecule has 0 aliphatic carbocycles. The van der Waals surface area contributed by atoms with E-state index in [1.165, 1.54) is 0 Å². The standard InChI is InChI=1S/C18H19N5O2.ClH/c24-17(15-11-23-9-8-19-7-6-16(23)22-15)20-10-14-12-25-18(21-14)13-4-2-1-3-5-13;/h1-5,11-12,19H,6-10H2,(H,20,24);1H. The third-order valence-electron chi connectivity index (χ3n) is 4.15. The second kappa shape index (κ2) is 8.16. The molecular weight excluding hydrogens is 354 g/mol. The van der Waals surface area contributed by atoms with Crippen molar-refractivity contribution in [1.82, 2.24) is 25.2 Å². The molecule has 0 bridgehead atoms. The zero-order valence-electron chi connectivity index (χ0n) is 14.1. The van der Waals surface area contributed by atoms with Crippen LogP contribution >= 0.6 is 12.4 Å². The number of nitrogens with one attached hydrogen (secondary N) is 2. The van der Waals surface area contributed by atoms with Crippen LogP contribution in [0.2, 0.25) is 0 Å². The van der Waals surface area contributed by atoms with Crippen LogP contribution in [0, 0.1) is 0 Å². The number of imidazole rings is 1. The Balaban J connectivity index is 0.00000196. The highest BCUT2D eigenvalue weighted by Crippen LogP contribution is 2.17. The van der Waals surface area contributed by atoms with Gasteiger partial charge in [0.05, 0.1) is 12.2 Å². The molecule has 0 atom stereocenters. The third kappa shape index (κ3) is 3.95.